The second-order valence-electron chi connectivity index (χ2n) is 12.0. The molecule has 0 spiro atoms. The summed E-state index contributed by atoms with van der Waals surface area (Å²) in [6, 6.07) is 44.9. The van der Waals surface area contributed by atoms with Crippen LogP contribution in [0.5, 0.6) is 0 Å². The average molecular weight is 770 g/mol. The Morgan fingerprint density at radius 1 is 0.685 bits per heavy atom. The van der Waals surface area contributed by atoms with Crippen LogP contribution in [0.1, 0.15) is 26.7 Å². The summed E-state index contributed by atoms with van der Waals surface area (Å²) in [4.78, 5) is 46.1. The number of rotatable bonds is 11. The Morgan fingerprint density at radius 2 is 1.35 bits per heavy atom. The van der Waals surface area contributed by atoms with Gasteiger partial charge in [0.25, 0.3) is 11.8 Å². The maximum absolute atomic E-state index is 13.9. The van der Waals surface area contributed by atoms with E-state index in [1.54, 1.807) is 66.7 Å². The molecular formula is C43H30Cl2N4O4S. The zero-order valence-corrected chi connectivity index (χ0v) is 30.7. The fourth-order valence-corrected chi connectivity index (χ4v) is 7.11. The number of carbonyl (C=O) groups excluding carboxylic acids is 3. The van der Waals surface area contributed by atoms with Gasteiger partial charge >= 0.3 is 0 Å². The first-order chi connectivity index (χ1) is 26.3. The minimum atomic E-state index is -0.642. The number of nitrogens with one attached hydrogen (secondary N) is 3. The Balaban J connectivity index is 1.10. The number of anilines is 2. The molecular weight excluding hydrogens is 739 g/mol. The lowest BCUT2D eigenvalue weighted by Gasteiger charge is -2.18. The molecule has 266 valence electrons. The standard InChI is InChI=1S/C43H30Cl2N4O4S/c44-34-17-10-18-35(45)33(34)26-37(48-40(50)28-13-5-2-6-14-28)41(51)47-31-15-9-16-32(25-31)54-39(27-11-3-1-4-12-27)42(52)46-30-23-21-29(22-24-30)43-49-36-19-7-8-20-38(36)53-43/h1-26,39H,(H,46,52)(H,47,51)(H,48,50)/b37-26+. The van der Waals surface area contributed by atoms with E-state index in [2.05, 4.69) is 20.9 Å². The highest BCUT2D eigenvalue weighted by atomic mass is 35.5. The highest BCUT2D eigenvalue weighted by molar-refractivity contribution is 8.00. The maximum Gasteiger partial charge on any atom is 0.272 e. The minimum Gasteiger partial charge on any atom is -0.436 e. The molecule has 0 fully saturated rings. The molecule has 0 saturated carbocycles. The van der Waals surface area contributed by atoms with E-state index in [-0.39, 0.29) is 11.6 Å². The Labute approximate surface area is 325 Å². The number of oxazole rings is 1. The molecule has 7 rings (SSSR count). The van der Waals surface area contributed by atoms with Gasteiger partial charge < -0.3 is 20.4 Å². The molecule has 6 aromatic carbocycles. The molecule has 0 bridgehead atoms. The summed E-state index contributed by atoms with van der Waals surface area (Å²) in [5.74, 6) is -0.827. The van der Waals surface area contributed by atoms with Gasteiger partial charge in [0, 0.05) is 43.0 Å². The SMILES string of the molecule is O=C(Nc1cccc(SC(C(=O)Nc2ccc(-c3nc4ccccc4o3)cc2)c2ccccc2)c1)/C(=C\c1c(Cl)cccc1Cl)NC(=O)c1ccccc1. The number of hydrogen-bond acceptors (Lipinski definition) is 6. The summed E-state index contributed by atoms with van der Waals surface area (Å²) in [6.45, 7) is 0. The van der Waals surface area contributed by atoms with Crippen LogP contribution in [0, 0.1) is 0 Å². The van der Waals surface area contributed by atoms with Crippen molar-refractivity contribution in [2.75, 3.05) is 10.6 Å². The Kier molecular flexibility index (Phi) is 11.2. The first-order valence-electron chi connectivity index (χ1n) is 16.7. The van der Waals surface area contributed by atoms with Gasteiger partial charge in [0.15, 0.2) is 5.58 Å². The molecule has 1 aromatic heterocycles. The summed E-state index contributed by atoms with van der Waals surface area (Å²) < 4.78 is 5.90. The van der Waals surface area contributed by atoms with Crippen LogP contribution in [0.4, 0.5) is 11.4 Å². The molecule has 0 aliphatic carbocycles. The predicted octanol–water partition coefficient (Wildman–Crippen LogP) is 10.7. The van der Waals surface area contributed by atoms with Crippen molar-refractivity contribution in [2.24, 2.45) is 0 Å². The Morgan fingerprint density at radius 3 is 2.07 bits per heavy atom. The molecule has 0 radical (unpaired) electrons. The number of fused-ring (bicyclic) bond motifs is 1. The van der Waals surface area contributed by atoms with E-state index in [0.29, 0.717) is 44.0 Å². The van der Waals surface area contributed by atoms with Gasteiger partial charge in [-0.15, -0.1) is 11.8 Å². The van der Waals surface area contributed by atoms with Crippen LogP contribution in [-0.2, 0) is 9.59 Å². The number of hydrogen-bond donors (Lipinski definition) is 3. The third kappa shape index (κ3) is 8.73. The van der Waals surface area contributed by atoms with Gasteiger partial charge in [-0.25, -0.2) is 4.98 Å². The second kappa shape index (κ2) is 16.7. The van der Waals surface area contributed by atoms with Crippen molar-refractivity contribution < 1.29 is 18.8 Å². The number of halogens is 2. The summed E-state index contributed by atoms with van der Waals surface area (Å²) >= 11 is 14.2. The van der Waals surface area contributed by atoms with Crippen LogP contribution in [0.2, 0.25) is 10.0 Å². The molecule has 1 heterocycles. The molecule has 3 N–H and O–H groups in total. The second-order valence-corrected chi connectivity index (χ2v) is 14.0. The molecule has 0 saturated heterocycles. The number of nitrogens with zero attached hydrogens (tertiary/aromatic N) is 1. The summed E-state index contributed by atoms with van der Waals surface area (Å²) in [7, 11) is 0. The maximum atomic E-state index is 13.9. The van der Waals surface area contributed by atoms with E-state index in [0.717, 1.165) is 21.5 Å². The molecule has 54 heavy (non-hydrogen) atoms. The monoisotopic (exact) mass is 768 g/mol. The van der Waals surface area contributed by atoms with Gasteiger partial charge in [-0.3, -0.25) is 14.4 Å². The fourth-order valence-electron chi connectivity index (χ4n) is 5.52. The minimum absolute atomic E-state index is 0.0689. The largest absolute Gasteiger partial charge is 0.436 e. The van der Waals surface area contributed by atoms with Gasteiger partial charge in [0.2, 0.25) is 11.8 Å². The number of amides is 3. The molecule has 1 unspecified atom stereocenters. The lowest BCUT2D eigenvalue weighted by Crippen LogP contribution is -2.30. The number of carbonyl (C=O) groups is 3. The lowest BCUT2D eigenvalue weighted by atomic mass is 10.1. The molecule has 11 heteroatoms. The zero-order chi connectivity index (χ0) is 37.4. The first-order valence-corrected chi connectivity index (χ1v) is 18.4. The van der Waals surface area contributed by atoms with Gasteiger partial charge in [0.05, 0.1) is 0 Å². The van der Waals surface area contributed by atoms with E-state index in [4.69, 9.17) is 27.6 Å². The highest BCUT2D eigenvalue weighted by Gasteiger charge is 2.23. The fraction of sp³-hybridized carbons (Fsp3) is 0.0233. The van der Waals surface area contributed by atoms with Crippen molar-refractivity contribution >= 4 is 81.2 Å². The van der Waals surface area contributed by atoms with E-state index in [1.165, 1.54) is 17.8 Å². The predicted molar refractivity (Wildman–Crippen MR) is 217 cm³/mol. The summed E-state index contributed by atoms with van der Waals surface area (Å²) in [5.41, 5.74) is 4.77. The van der Waals surface area contributed by atoms with Crippen molar-refractivity contribution in [2.45, 2.75) is 10.1 Å². The average Bonchev–Trinajstić information content (AvgIpc) is 3.63. The van der Waals surface area contributed by atoms with Crippen LogP contribution in [0.15, 0.2) is 167 Å². The van der Waals surface area contributed by atoms with Gasteiger partial charge in [0.1, 0.15) is 16.5 Å². The van der Waals surface area contributed by atoms with Gasteiger partial charge in [-0.1, -0.05) is 96.0 Å². The van der Waals surface area contributed by atoms with Crippen LogP contribution in [0.3, 0.4) is 0 Å². The van der Waals surface area contributed by atoms with E-state index in [1.807, 2.05) is 84.9 Å². The lowest BCUT2D eigenvalue weighted by molar-refractivity contribution is -0.116. The number of para-hydroxylation sites is 2. The molecule has 7 aromatic rings. The molecule has 8 nitrogen and oxygen atoms in total. The third-order valence-electron chi connectivity index (χ3n) is 8.20. The topological polar surface area (TPSA) is 113 Å². The van der Waals surface area contributed by atoms with E-state index >= 15 is 0 Å². The Bertz CT molecular complexity index is 2440. The van der Waals surface area contributed by atoms with Crippen molar-refractivity contribution in [1.82, 2.24) is 10.3 Å². The van der Waals surface area contributed by atoms with Crippen molar-refractivity contribution in [3.05, 3.63) is 184 Å². The van der Waals surface area contributed by atoms with Crippen molar-refractivity contribution in [3.8, 4) is 11.5 Å². The smallest absolute Gasteiger partial charge is 0.272 e. The van der Waals surface area contributed by atoms with Crippen LogP contribution < -0.4 is 16.0 Å². The number of thioether (sulfide) groups is 1. The van der Waals surface area contributed by atoms with Gasteiger partial charge in [-0.05, 0) is 90.5 Å². The normalized spacial score (nSPS) is 11.9. The molecule has 3 amide bonds. The quantitative estimate of drug-likeness (QED) is 0.0892. The first kappa shape index (κ1) is 36.2. The molecule has 0 aliphatic rings. The molecule has 1 atom stereocenters. The van der Waals surface area contributed by atoms with Crippen LogP contribution in [0.25, 0.3) is 28.6 Å². The highest BCUT2D eigenvalue weighted by Crippen LogP contribution is 2.37. The van der Waals surface area contributed by atoms with Crippen molar-refractivity contribution in [3.63, 3.8) is 0 Å². The molecule has 0 aliphatic heterocycles. The zero-order valence-electron chi connectivity index (χ0n) is 28.3. The third-order valence-corrected chi connectivity index (χ3v) is 10.1. The number of benzene rings is 6. The summed E-state index contributed by atoms with van der Waals surface area (Å²) in [6.07, 6.45) is 1.44. The van der Waals surface area contributed by atoms with E-state index < -0.39 is 17.1 Å². The van der Waals surface area contributed by atoms with Crippen LogP contribution >= 0.6 is 35.0 Å². The van der Waals surface area contributed by atoms with Crippen LogP contribution in [-0.4, -0.2) is 22.7 Å². The number of aromatic nitrogens is 1. The van der Waals surface area contributed by atoms with Crippen molar-refractivity contribution in [1.29, 1.82) is 0 Å². The van der Waals surface area contributed by atoms with E-state index in [9.17, 15) is 14.4 Å². The summed E-state index contributed by atoms with van der Waals surface area (Å²) in [5, 5.41) is 8.60. The van der Waals surface area contributed by atoms with Gasteiger partial charge in [-0.2, -0.15) is 0 Å². The Hall–Kier alpha value is -6.13.